The Kier molecular flexibility index (Phi) is 4.13. The molecule has 19 heavy (non-hydrogen) atoms. The van der Waals surface area contributed by atoms with Crippen molar-refractivity contribution in [2.24, 2.45) is 5.92 Å². The van der Waals surface area contributed by atoms with Gasteiger partial charge in [-0.15, -0.1) is 0 Å². The predicted octanol–water partition coefficient (Wildman–Crippen LogP) is 3.23. The summed E-state index contributed by atoms with van der Waals surface area (Å²) in [5.74, 6) is 0.713. The van der Waals surface area contributed by atoms with Crippen molar-refractivity contribution < 1.29 is 4.79 Å². The molecular weight excluding hydrogens is 236 g/mol. The van der Waals surface area contributed by atoms with Gasteiger partial charge >= 0.3 is 0 Å². The zero-order valence-electron chi connectivity index (χ0n) is 12.1. The number of nitrogens with two attached hydrogens (primary N) is 1. The first-order chi connectivity index (χ1) is 8.99. The zero-order chi connectivity index (χ0) is 14.0. The molecule has 0 radical (unpaired) electrons. The Bertz CT molecular complexity index is 464. The molecule has 0 aromatic heterocycles. The summed E-state index contributed by atoms with van der Waals surface area (Å²) in [6.45, 7) is 7.21. The molecule has 104 valence electrons. The van der Waals surface area contributed by atoms with Crippen molar-refractivity contribution in [3.63, 3.8) is 0 Å². The summed E-state index contributed by atoms with van der Waals surface area (Å²) in [7, 11) is 0. The molecule has 1 saturated carbocycles. The van der Waals surface area contributed by atoms with Crippen LogP contribution < -0.4 is 5.73 Å². The number of nitrogen functional groups attached to an aromatic ring is 1. The average molecular weight is 260 g/mol. The monoisotopic (exact) mass is 260 g/mol. The zero-order valence-corrected chi connectivity index (χ0v) is 12.1. The highest BCUT2D eigenvalue weighted by Crippen LogP contribution is 2.30. The van der Waals surface area contributed by atoms with E-state index in [1.807, 2.05) is 30.0 Å². The van der Waals surface area contributed by atoms with Crippen LogP contribution in [0.1, 0.15) is 49.0 Å². The number of amides is 1. The molecule has 0 bridgehead atoms. The molecule has 1 aliphatic rings. The fourth-order valence-electron chi connectivity index (χ4n) is 2.27. The smallest absolute Gasteiger partial charge is 0.256 e. The first-order valence-corrected chi connectivity index (χ1v) is 7.16. The maximum Gasteiger partial charge on any atom is 0.256 e. The largest absolute Gasteiger partial charge is 0.398 e. The lowest BCUT2D eigenvalue weighted by molar-refractivity contribution is 0.0736. The Morgan fingerprint density at radius 3 is 2.63 bits per heavy atom. The van der Waals surface area contributed by atoms with E-state index in [1.165, 1.54) is 0 Å². The second-order valence-corrected chi connectivity index (χ2v) is 6.00. The van der Waals surface area contributed by atoms with Crippen LogP contribution in [0.25, 0.3) is 0 Å². The molecule has 0 aliphatic heterocycles. The Hall–Kier alpha value is -1.51. The van der Waals surface area contributed by atoms with Crippen molar-refractivity contribution in [2.75, 3.05) is 12.3 Å². The van der Waals surface area contributed by atoms with E-state index in [4.69, 9.17) is 5.73 Å². The van der Waals surface area contributed by atoms with Crippen molar-refractivity contribution in [1.29, 1.82) is 0 Å². The molecule has 0 saturated heterocycles. The summed E-state index contributed by atoms with van der Waals surface area (Å²) < 4.78 is 0. The van der Waals surface area contributed by atoms with Crippen LogP contribution in [-0.2, 0) is 0 Å². The quantitative estimate of drug-likeness (QED) is 0.826. The van der Waals surface area contributed by atoms with E-state index in [0.717, 1.165) is 31.4 Å². The van der Waals surface area contributed by atoms with Gasteiger partial charge in [-0.25, -0.2) is 0 Å². The third-order valence-electron chi connectivity index (χ3n) is 3.63. The van der Waals surface area contributed by atoms with Gasteiger partial charge in [0.25, 0.3) is 5.91 Å². The summed E-state index contributed by atoms with van der Waals surface area (Å²) in [6.07, 6.45) is 3.32. The van der Waals surface area contributed by atoms with Crippen LogP contribution in [0.2, 0.25) is 0 Å². The van der Waals surface area contributed by atoms with E-state index in [0.29, 0.717) is 23.2 Å². The minimum atomic E-state index is 0.0978. The first kappa shape index (κ1) is 13.9. The van der Waals surface area contributed by atoms with Crippen LogP contribution in [-0.4, -0.2) is 23.4 Å². The molecule has 1 aromatic carbocycles. The van der Waals surface area contributed by atoms with E-state index >= 15 is 0 Å². The van der Waals surface area contributed by atoms with Crippen molar-refractivity contribution in [3.8, 4) is 0 Å². The van der Waals surface area contributed by atoms with E-state index in [9.17, 15) is 4.79 Å². The highest BCUT2D eigenvalue weighted by molar-refractivity contribution is 5.99. The Morgan fingerprint density at radius 2 is 2.11 bits per heavy atom. The number of carbonyl (C=O) groups is 1. The maximum atomic E-state index is 12.6. The van der Waals surface area contributed by atoms with Crippen LogP contribution >= 0.6 is 0 Å². The van der Waals surface area contributed by atoms with Gasteiger partial charge in [0.05, 0.1) is 5.56 Å². The molecule has 1 fully saturated rings. The number of hydrogen-bond acceptors (Lipinski definition) is 2. The van der Waals surface area contributed by atoms with Crippen molar-refractivity contribution in [1.82, 2.24) is 4.90 Å². The van der Waals surface area contributed by atoms with Gasteiger partial charge in [0.2, 0.25) is 0 Å². The van der Waals surface area contributed by atoms with Crippen molar-refractivity contribution in [2.45, 2.75) is 46.1 Å². The lowest BCUT2D eigenvalue weighted by atomic mass is 10.1. The summed E-state index contributed by atoms with van der Waals surface area (Å²) in [6, 6.07) is 6.13. The van der Waals surface area contributed by atoms with Gasteiger partial charge in [-0.3, -0.25) is 4.79 Å². The standard InChI is InChI=1S/C16H24N2O/c1-11(2)8-9-18(13-5-6-13)16(19)14-7-4-12(3)10-15(14)17/h4,7,10-11,13H,5-6,8-9,17H2,1-3H3. The number of nitrogens with zero attached hydrogens (tertiary/aromatic N) is 1. The molecule has 1 aromatic rings. The van der Waals surface area contributed by atoms with Gasteiger partial charge < -0.3 is 10.6 Å². The number of hydrogen-bond donors (Lipinski definition) is 1. The van der Waals surface area contributed by atoms with Crippen LogP contribution in [0.5, 0.6) is 0 Å². The van der Waals surface area contributed by atoms with Crippen LogP contribution in [0.15, 0.2) is 18.2 Å². The molecule has 0 spiro atoms. The van der Waals surface area contributed by atoms with Crippen molar-refractivity contribution in [3.05, 3.63) is 29.3 Å². The van der Waals surface area contributed by atoms with Gasteiger partial charge in [0.1, 0.15) is 0 Å². The summed E-state index contributed by atoms with van der Waals surface area (Å²) in [5.41, 5.74) is 8.33. The van der Waals surface area contributed by atoms with E-state index in [1.54, 1.807) is 0 Å². The lowest BCUT2D eigenvalue weighted by Crippen LogP contribution is -2.35. The number of rotatable bonds is 5. The fourth-order valence-corrected chi connectivity index (χ4v) is 2.27. The van der Waals surface area contributed by atoms with Gasteiger partial charge in [0, 0.05) is 18.3 Å². The summed E-state index contributed by atoms with van der Waals surface area (Å²) >= 11 is 0. The maximum absolute atomic E-state index is 12.6. The Morgan fingerprint density at radius 1 is 1.42 bits per heavy atom. The van der Waals surface area contributed by atoms with Gasteiger partial charge in [0.15, 0.2) is 0 Å². The molecule has 3 heteroatoms. The Balaban J connectivity index is 2.14. The van der Waals surface area contributed by atoms with Gasteiger partial charge in [-0.1, -0.05) is 19.9 Å². The average Bonchev–Trinajstić information content (AvgIpc) is 3.13. The highest BCUT2D eigenvalue weighted by atomic mass is 16.2. The molecule has 2 N–H and O–H groups in total. The van der Waals surface area contributed by atoms with Crippen LogP contribution in [0.3, 0.4) is 0 Å². The van der Waals surface area contributed by atoms with Crippen LogP contribution in [0, 0.1) is 12.8 Å². The van der Waals surface area contributed by atoms with Crippen molar-refractivity contribution >= 4 is 11.6 Å². The molecule has 0 unspecified atom stereocenters. The lowest BCUT2D eigenvalue weighted by Gasteiger charge is -2.24. The first-order valence-electron chi connectivity index (χ1n) is 7.16. The van der Waals surface area contributed by atoms with Gasteiger partial charge in [-0.05, 0) is 49.8 Å². The Labute approximate surface area is 115 Å². The molecule has 1 aliphatic carbocycles. The van der Waals surface area contributed by atoms with E-state index in [2.05, 4.69) is 13.8 Å². The number of aryl methyl sites for hydroxylation is 1. The fraction of sp³-hybridized carbons (Fsp3) is 0.562. The predicted molar refractivity (Wildman–Crippen MR) is 79.1 cm³/mol. The molecule has 2 rings (SSSR count). The molecule has 1 amide bonds. The number of carbonyl (C=O) groups excluding carboxylic acids is 1. The topological polar surface area (TPSA) is 46.3 Å². The molecule has 0 atom stereocenters. The van der Waals surface area contributed by atoms with Crippen LogP contribution in [0.4, 0.5) is 5.69 Å². The summed E-state index contributed by atoms with van der Waals surface area (Å²) in [5, 5.41) is 0. The third kappa shape index (κ3) is 3.49. The number of anilines is 1. The molecular formula is C16H24N2O. The van der Waals surface area contributed by atoms with Gasteiger partial charge in [-0.2, -0.15) is 0 Å². The third-order valence-corrected chi connectivity index (χ3v) is 3.63. The normalized spacial score (nSPS) is 14.7. The highest BCUT2D eigenvalue weighted by Gasteiger charge is 2.33. The number of benzene rings is 1. The summed E-state index contributed by atoms with van der Waals surface area (Å²) in [4.78, 5) is 14.6. The SMILES string of the molecule is Cc1ccc(C(=O)N(CCC(C)C)C2CC2)c(N)c1. The molecule has 0 heterocycles. The van der Waals surface area contributed by atoms with E-state index < -0.39 is 0 Å². The minimum Gasteiger partial charge on any atom is -0.398 e. The molecule has 3 nitrogen and oxygen atoms in total. The second-order valence-electron chi connectivity index (χ2n) is 6.00. The minimum absolute atomic E-state index is 0.0978. The second kappa shape index (κ2) is 5.64. The van der Waals surface area contributed by atoms with E-state index in [-0.39, 0.29) is 5.91 Å².